The maximum Gasteiger partial charge on any atom is 0.283 e. The fourth-order valence-corrected chi connectivity index (χ4v) is 5.53. The zero-order chi connectivity index (χ0) is 16.2. The Morgan fingerprint density at radius 3 is 2.91 bits per heavy atom. The summed E-state index contributed by atoms with van der Waals surface area (Å²) in [6, 6.07) is 6.90. The molecular weight excluding hydrogens is 356 g/mol. The molecule has 1 aliphatic heterocycles. The Morgan fingerprint density at radius 2 is 2.26 bits per heavy atom. The van der Waals surface area contributed by atoms with Crippen LogP contribution in [-0.4, -0.2) is 25.8 Å². The van der Waals surface area contributed by atoms with Crippen molar-refractivity contribution in [2.24, 2.45) is 22.1 Å². The molecule has 4 rings (SSSR count). The van der Waals surface area contributed by atoms with Crippen molar-refractivity contribution in [2.45, 2.75) is 44.2 Å². The van der Waals surface area contributed by atoms with Gasteiger partial charge in [-0.1, -0.05) is 28.9 Å². The number of hydrogen-bond donors (Lipinski definition) is 1. The third kappa shape index (κ3) is 2.09. The van der Waals surface area contributed by atoms with Crippen molar-refractivity contribution in [3.63, 3.8) is 0 Å². The number of methoxy groups -OCH3 is 1. The number of rotatable bonds is 1. The van der Waals surface area contributed by atoms with E-state index in [1.54, 1.807) is 0 Å². The topological polar surface area (TPSA) is 56.8 Å². The van der Waals surface area contributed by atoms with Gasteiger partial charge in [0.15, 0.2) is 0 Å². The van der Waals surface area contributed by atoms with Gasteiger partial charge in [-0.25, -0.2) is 4.99 Å². The van der Waals surface area contributed by atoms with Gasteiger partial charge in [0, 0.05) is 17.0 Å². The van der Waals surface area contributed by atoms with E-state index in [1.165, 1.54) is 11.1 Å². The normalized spacial score (nSPS) is 38.7. The first kappa shape index (κ1) is 15.5. The van der Waals surface area contributed by atoms with Crippen LogP contribution in [0.15, 0.2) is 27.7 Å². The molecule has 2 aliphatic carbocycles. The van der Waals surface area contributed by atoms with Crippen LogP contribution in [0, 0.1) is 11.3 Å². The van der Waals surface area contributed by atoms with Crippen LogP contribution in [0.5, 0.6) is 0 Å². The zero-order valence-corrected chi connectivity index (χ0v) is 15.2. The first-order valence-corrected chi connectivity index (χ1v) is 9.09. The number of nitrogens with two attached hydrogens (primary N) is 1. The van der Waals surface area contributed by atoms with E-state index in [2.05, 4.69) is 41.1 Å². The molecule has 0 unspecified atom stereocenters. The number of hydrogen-bond acceptors (Lipinski definition) is 4. The summed E-state index contributed by atoms with van der Waals surface area (Å²) in [6.07, 6.45) is 4.66. The van der Waals surface area contributed by atoms with Gasteiger partial charge in [0.2, 0.25) is 0 Å². The molecule has 1 aromatic rings. The van der Waals surface area contributed by atoms with E-state index in [9.17, 15) is 0 Å². The van der Waals surface area contributed by atoms with Crippen LogP contribution in [0.2, 0.25) is 0 Å². The van der Waals surface area contributed by atoms with Crippen molar-refractivity contribution in [3.8, 4) is 0 Å². The van der Waals surface area contributed by atoms with Gasteiger partial charge in [-0.05, 0) is 54.9 Å². The van der Waals surface area contributed by atoms with E-state index < -0.39 is 0 Å². The quantitative estimate of drug-likeness (QED) is 0.814. The number of amidine groups is 1. The smallest absolute Gasteiger partial charge is 0.283 e. The molecule has 4 nitrogen and oxygen atoms in total. The summed E-state index contributed by atoms with van der Waals surface area (Å²) >= 11 is 3.61. The molecule has 1 fully saturated rings. The molecule has 124 valence electrons. The van der Waals surface area contributed by atoms with Crippen LogP contribution in [-0.2, 0) is 21.4 Å². The standard InChI is InChI=1S/C18H23BrN2O2/c1-11-8-17(6-5-15(11)22-2)9-12-3-4-13(19)7-14(12)18(17)10-23-16(20)21-18/h3-4,7,11,15H,5-6,8-10H2,1-2H3,(H2,20,21)/t11-,15-,17-,18-/m0/s1. The fourth-order valence-electron chi connectivity index (χ4n) is 5.16. The SMILES string of the molecule is CO[C@H]1CC[C@@]2(Cc3ccc(Br)cc3[C@@]23COC(N)=N3)C[C@@H]1C. The molecule has 0 amide bonds. The van der Waals surface area contributed by atoms with Crippen LogP contribution in [0.3, 0.4) is 0 Å². The molecule has 0 saturated heterocycles. The zero-order valence-electron chi connectivity index (χ0n) is 13.6. The molecule has 4 atom stereocenters. The lowest BCUT2D eigenvalue weighted by Crippen LogP contribution is -2.48. The summed E-state index contributed by atoms with van der Waals surface area (Å²) in [5, 5.41) is 0. The number of aliphatic imine (C=N–C) groups is 1. The largest absolute Gasteiger partial charge is 0.462 e. The van der Waals surface area contributed by atoms with Gasteiger partial charge in [0.1, 0.15) is 12.1 Å². The molecule has 1 aromatic carbocycles. The lowest BCUT2D eigenvalue weighted by Gasteiger charge is -2.47. The highest BCUT2D eigenvalue weighted by Gasteiger charge is 2.62. The molecule has 1 heterocycles. The summed E-state index contributed by atoms with van der Waals surface area (Å²) in [4.78, 5) is 4.87. The monoisotopic (exact) mass is 378 g/mol. The molecule has 0 radical (unpaired) electrons. The van der Waals surface area contributed by atoms with Crippen molar-refractivity contribution in [1.29, 1.82) is 0 Å². The van der Waals surface area contributed by atoms with Crippen LogP contribution < -0.4 is 5.73 Å². The van der Waals surface area contributed by atoms with Crippen molar-refractivity contribution in [3.05, 3.63) is 33.8 Å². The Bertz CT molecular complexity index is 677. The molecule has 5 heteroatoms. The van der Waals surface area contributed by atoms with E-state index in [4.69, 9.17) is 20.2 Å². The van der Waals surface area contributed by atoms with Gasteiger partial charge in [-0.15, -0.1) is 0 Å². The molecule has 0 aromatic heterocycles. The summed E-state index contributed by atoms with van der Waals surface area (Å²) in [5.74, 6) is 0.514. The maximum absolute atomic E-state index is 5.95. The number of benzene rings is 1. The Hall–Kier alpha value is -1.07. The summed E-state index contributed by atoms with van der Waals surface area (Å²) < 4.78 is 12.4. The second kappa shape index (κ2) is 5.21. The Balaban J connectivity index is 1.83. The number of nitrogens with zero attached hydrogens (tertiary/aromatic N) is 1. The minimum atomic E-state index is -0.330. The average molecular weight is 379 g/mol. The molecule has 1 saturated carbocycles. The average Bonchev–Trinajstić information content (AvgIpc) is 3.02. The third-order valence-electron chi connectivity index (χ3n) is 6.21. The van der Waals surface area contributed by atoms with Crippen LogP contribution >= 0.6 is 15.9 Å². The van der Waals surface area contributed by atoms with Crippen molar-refractivity contribution >= 4 is 22.0 Å². The second-order valence-corrected chi connectivity index (χ2v) is 8.27. The fraction of sp³-hybridized carbons (Fsp3) is 0.611. The van der Waals surface area contributed by atoms with Gasteiger partial charge in [-0.2, -0.15) is 0 Å². The minimum Gasteiger partial charge on any atom is -0.462 e. The third-order valence-corrected chi connectivity index (χ3v) is 6.70. The predicted octanol–water partition coefficient (Wildman–Crippen LogP) is 3.37. The summed E-state index contributed by atoms with van der Waals surface area (Å²) in [5.41, 5.74) is 8.39. The van der Waals surface area contributed by atoms with Gasteiger partial charge >= 0.3 is 0 Å². The minimum absolute atomic E-state index is 0.0890. The Morgan fingerprint density at radius 1 is 1.43 bits per heavy atom. The van der Waals surface area contributed by atoms with Gasteiger partial charge in [0.25, 0.3) is 6.02 Å². The van der Waals surface area contributed by atoms with E-state index >= 15 is 0 Å². The maximum atomic E-state index is 5.95. The Kier molecular flexibility index (Phi) is 3.50. The molecule has 2 N–H and O–H groups in total. The highest BCUT2D eigenvalue weighted by molar-refractivity contribution is 9.10. The van der Waals surface area contributed by atoms with E-state index in [0.717, 1.165) is 30.2 Å². The van der Waals surface area contributed by atoms with Crippen molar-refractivity contribution in [1.82, 2.24) is 0 Å². The first-order valence-electron chi connectivity index (χ1n) is 8.29. The number of halogens is 1. The lowest BCUT2D eigenvalue weighted by molar-refractivity contribution is -0.0445. The van der Waals surface area contributed by atoms with Crippen LogP contribution in [0.4, 0.5) is 0 Å². The van der Waals surface area contributed by atoms with E-state index in [0.29, 0.717) is 24.7 Å². The number of fused-ring (bicyclic) bond motifs is 3. The molecule has 2 spiro atoms. The van der Waals surface area contributed by atoms with Gasteiger partial charge < -0.3 is 15.2 Å². The second-order valence-electron chi connectivity index (χ2n) is 7.35. The summed E-state index contributed by atoms with van der Waals surface area (Å²) in [7, 11) is 1.82. The van der Waals surface area contributed by atoms with E-state index in [1.807, 2.05) is 7.11 Å². The number of ether oxygens (including phenoxy) is 2. The van der Waals surface area contributed by atoms with E-state index in [-0.39, 0.29) is 11.0 Å². The predicted molar refractivity (Wildman–Crippen MR) is 93.3 cm³/mol. The highest BCUT2D eigenvalue weighted by atomic mass is 79.9. The summed E-state index contributed by atoms with van der Waals surface area (Å²) in [6.45, 7) is 2.86. The highest BCUT2D eigenvalue weighted by Crippen LogP contribution is 2.62. The molecule has 0 bridgehead atoms. The van der Waals surface area contributed by atoms with Gasteiger partial charge in [0.05, 0.1) is 6.10 Å². The van der Waals surface area contributed by atoms with Crippen LogP contribution in [0.1, 0.15) is 37.3 Å². The van der Waals surface area contributed by atoms with Gasteiger partial charge in [-0.3, -0.25) is 0 Å². The van der Waals surface area contributed by atoms with Crippen molar-refractivity contribution in [2.75, 3.05) is 13.7 Å². The molecule has 3 aliphatic rings. The van der Waals surface area contributed by atoms with Crippen LogP contribution in [0.25, 0.3) is 0 Å². The molecule has 23 heavy (non-hydrogen) atoms. The molecular formula is C18H23BrN2O2. The lowest BCUT2D eigenvalue weighted by atomic mass is 9.59. The Labute approximate surface area is 145 Å². The van der Waals surface area contributed by atoms with Crippen molar-refractivity contribution < 1.29 is 9.47 Å². The first-order chi connectivity index (χ1) is 11.0.